The van der Waals surface area contributed by atoms with Crippen LogP contribution in [0, 0.1) is 0 Å². The van der Waals surface area contributed by atoms with Crippen LogP contribution in [0.25, 0.3) is 33.9 Å². The first kappa shape index (κ1) is 24.0. The molecule has 0 unspecified atom stereocenters. The Hall–Kier alpha value is -4.34. The zero-order chi connectivity index (χ0) is 26.4. The second-order valence-corrected chi connectivity index (χ2v) is 9.33. The molecule has 194 valence electrons. The van der Waals surface area contributed by atoms with Gasteiger partial charge in [-0.3, -0.25) is 0 Å². The predicted molar refractivity (Wildman–Crippen MR) is 137 cm³/mol. The number of benzene rings is 2. The maximum absolute atomic E-state index is 13.1. The number of aryl methyl sites for hydroxylation is 1. The number of imidazole rings is 1. The molecule has 0 bridgehead atoms. The topological polar surface area (TPSA) is 78.0 Å². The van der Waals surface area contributed by atoms with Crippen molar-refractivity contribution in [2.45, 2.75) is 31.5 Å². The molecule has 0 atom stereocenters. The minimum atomic E-state index is -4.52. The van der Waals surface area contributed by atoms with Crippen LogP contribution >= 0.6 is 0 Å². The van der Waals surface area contributed by atoms with Gasteiger partial charge in [0.1, 0.15) is 17.1 Å². The molecule has 0 radical (unpaired) electrons. The summed E-state index contributed by atoms with van der Waals surface area (Å²) in [6.07, 6.45) is 0.374. The van der Waals surface area contributed by atoms with Crippen LogP contribution in [0.1, 0.15) is 35.6 Å². The fourth-order valence-electron chi connectivity index (χ4n) is 4.63. The van der Waals surface area contributed by atoms with Crippen LogP contribution in [0.2, 0.25) is 0 Å². The van der Waals surface area contributed by atoms with Gasteiger partial charge in [-0.1, -0.05) is 36.4 Å². The number of aromatic nitrogens is 4. The Labute approximate surface area is 216 Å². The van der Waals surface area contributed by atoms with Crippen LogP contribution in [-0.4, -0.2) is 26.6 Å². The molecule has 1 aliphatic rings. The van der Waals surface area contributed by atoms with Gasteiger partial charge in [-0.25, -0.2) is 15.0 Å². The first-order valence-corrected chi connectivity index (χ1v) is 12.2. The van der Waals surface area contributed by atoms with E-state index < -0.39 is 11.9 Å². The van der Waals surface area contributed by atoms with Gasteiger partial charge in [0, 0.05) is 42.5 Å². The largest absolute Gasteiger partial charge is 0.496 e. The van der Waals surface area contributed by atoms with Gasteiger partial charge in [0.15, 0.2) is 22.9 Å². The number of hydrogen-bond acceptors (Lipinski definition) is 6. The molecule has 1 aliphatic carbocycles. The van der Waals surface area contributed by atoms with Crippen molar-refractivity contribution in [3.63, 3.8) is 0 Å². The van der Waals surface area contributed by atoms with E-state index in [1.54, 1.807) is 24.5 Å². The zero-order valence-corrected chi connectivity index (χ0v) is 20.7. The van der Waals surface area contributed by atoms with Gasteiger partial charge < -0.3 is 19.0 Å². The number of ether oxygens (including phenoxy) is 1. The Morgan fingerprint density at radius 3 is 2.63 bits per heavy atom. The van der Waals surface area contributed by atoms with Crippen molar-refractivity contribution in [1.29, 1.82) is 0 Å². The number of rotatable bonds is 7. The normalized spacial score (nSPS) is 13.7. The van der Waals surface area contributed by atoms with Crippen LogP contribution in [0.4, 0.5) is 19.0 Å². The van der Waals surface area contributed by atoms with E-state index in [0.29, 0.717) is 46.5 Å². The van der Waals surface area contributed by atoms with Crippen molar-refractivity contribution in [1.82, 2.24) is 19.5 Å². The SMILES string of the molecule is COc1cc(-c2nc(C(F)(F)F)cn2C)ccc1CNc1nc(-c2ccccc2C2CC2)nc2ccoc12. The summed E-state index contributed by atoms with van der Waals surface area (Å²) in [6, 6.07) is 15.2. The summed E-state index contributed by atoms with van der Waals surface area (Å²) in [4.78, 5) is 13.3. The van der Waals surface area contributed by atoms with Crippen LogP contribution in [0.3, 0.4) is 0 Å². The van der Waals surface area contributed by atoms with E-state index in [2.05, 4.69) is 16.4 Å². The maximum Gasteiger partial charge on any atom is 0.434 e. The lowest BCUT2D eigenvalue weighted by Gasteiger charge is -2.13. The third-order valence-electron chi connectivity index (χ3n) is 6.68. The Morgan fingerprint density at radius 1 is 1.08 bits per heavy atom. The van der Waals surface area contributed by atoms with Gasteiger partial charge in [-0.2, -0.15) is 13.2 Å². The summed E-state index contributed by atoms with van der Waals surface area (Å²) in [5.74, 6) is 2.42. The van der Waals surface area contributed by atoms with E-state index in [1.165, 1.54) is 37.1 Å². The molecule has 38 heavy (non-hydrogen) atoms. The first-order valence-electron chi connectivity index (χ1n) is 12.2. The second-order valence-electron chi connectivity index (χ2n) is 9.33. The number of nitrogens with zero attached hydrogens (tertiary/aromatic N) is 4. The van der Waals surface area contributed by atoms with E-state index >= 15 is 0 Å². The number of alkyl halides is 3. The van der Waals surface area contributed by atoms with Crippen LogP contribution in [0.15, 0.2) is 65.4 Å². The molecule has 10 heteroatoms. The van der Waals surface area contributed by atoms with Crippen molar-refractivity contribution in [3.05, 3.63) is 77.8 Å². The lowest BCUT2D eigenvalue weighted by molar-refractivity contribution is -0.140. The van der Waals surface area contributed by atoms with Crippen LogP contribution in [-0.2, 0) is 19.8 Å². The summed E-state index contributed by atoms with van der Waals surface area (Å²) in [5.41, 5.74) is 3.86. The highest BCUT2D eigenvalue weighted by molar-refractivity contribution is 5.86. The number of anilines is 1. The van der Waals surface area contributed by atoms with Gasteiger partial charge in [-0.15, -0.1) is 0 Å². The average Bonchev–Trinajstić information content (AvgIpc) is 3.51. The van der Waals surface area contributed by atoms with Gasteiger partial charge in [0.2, 0.25) is 0 Å². The lowest BCUT2D eigenvalue weighted by Crippen LogP contribution is -2.06. The minimum Gasteiger partial charge on any atom is -0.496 e. The van der Waals surface area contributed by atoms with Crippen molar-refractivity contribution in [2.75, 3.05) is 12.4 Å². The van der Waals surface area contributed by atoms with Crippen molar-refractivity contribution in [2.24, 2.45) is 7.05 Å². The van der Waals surface area contributed by atoms with E-state index in [9.17, 15) is 13.2 Å². The van der Waals surface area contributed by atoms with Crippen molar-refractivity contribution < 1.29 is 22.3 Å². The molecule has 6 rings (SSSR count). The van der Waals surface area contributed by atoms with E-state index in [4.69, 9.17) is 19.1 Å². The summed E-state index contributed by atoms with van der Waals surface area (Å²) in [5, 5.41) is 3.34. The van der Waals surface area contributed by atoms with E-state index in [1.807, 2.05) is 24.3 Å². The Bertz CT molecular complexity index is 1640. The molecular formula is C28H24F3N5O2. The Balaban J connectivity index is 1.30. The molecule has 1 fully saturated rings. The summed E-state index contributed by atoms with van der Waals surface area (Å²) >= 11 is 0. The quantitative estimate of drug-likeness (QED) is 0.255. The monoisotopic (exact) mass is 519 g/mol. The molecule has 0 saturated heterocycles. The van der Waals surface area contributed by atoms with Gasteiger partial charge in [0.05, 0.1) is 13.4 Å². The number of fused-ring (bicyclic) bond motifs is 1. The minimum absolute atomic E-state index is 0.196. The number of furan rings is 1. The molecule has 2 aromatic carbocycles. The van der Waals surface area contributed by atoms with Gasteiger partial charge in [0.25, 0.3) is 0 Å². The van der Waals surface area contributed by atoms with Crippen molar-refractivity contribution >= 4 is 16.9 Å². The fourth-order valence-corrected chi connectivity index (χ4v) is 4.63. The third kappa shape index (κ3) is 4.46. The predicted octanol–water partition coefficient (Wildman–Crippen LogP) is 6.81. The second kappa shape index (κ2) is 9.20. The molecule has 1 N–H and O–H groups in total. The maximum atomic E-state index is 13.1. The molecular weight excluding hydrogens is 495 g/mol. The molecule has 0 aliphatic heterocycles. The van der Waals surface area contributed by atoms with Crippen LogP contribution < -0.4 is 10.1 Å². The van der Waals surface area contributed by atoms with Crippen LogP contribution in [0.5, 0.6) is 5.75 Å². The smallest absolute Gasteiger partial charge is 0.434 e. The third-order valence-corrected chi connectivity index (χ3v) is 6.68. The summed E-state index contributed by atoms with van der Waals surface area (Å²) in [7, 11) is 3.05. The molecule has 0 spiro atoms. The number of methoxy groups -OCH3 is 1. The number of nitrogens with one attached hydrogen (secondary N) is 1. The summed E-state index contributed by atoms with van der Waals surface area (Å²) in [6.45, 7) is 0.342. The highest BCUT2D eigenvalue weighted by Crippen LogP contribution is 2.44. The van der Waals surface area contributed by atoms with E-state index in [0.717, 1.165) is 17.3 Å². The lowest BCUT2D eigenvalue weighted by atomic mass is 10.0. The fraction of sp³-hybridized carbons (Fsp3) is 0.250. The van der Waals surface area contributed by atoms with Gasteiger partial charge >= 0.3 is 6.18 Å². The zero-order valence-electron chi connectivity index (χ0n) is 20.7. The Morgan fingerprint density at radius 2 is 1.89 bits per heavy atom. The standard InChI is InChI=1S/C28H24F3N5O2/c1-36-15-23(28(29,30)31)34-27(36)17-9-10-18(22(13-17)37-2)14-32-26-24-21(11-12-38-24)33-25(35-26)20-6-4-3-5-19(20)16-7-8-16/h3-6,9-13,15-16H,7-8,14H2,1-2H3,(H,32,33,35). The molecule has 0 amide bonds. The average molecular weight is 520 g/mol. The first-order chi connectivity index (χ1) is 18.3. The molecule has 5 aromatic rings. The number of halogens is 3. The number of hydrogen-bond donors (Lipinski definition) is 1. The molecule has 3 heterocycles. The molecule has 7 nitrogen and oxygen atoms in total. The van der Waals surface area contributed by atoms with E-state index in [-0.39, 0.29) is 5.82 Å². The van der Waals surface area contributed by atoms with Crippen molar-refractivity contribution in [3.8, 4) is 28.5 Å². The van der Waals surface area contributed by atoms with Gasteiger partial charge in [-0.05, 0) is 30.4 Å². The summed E-state index contributed by atoms with van der Waals surface area (Å²) < 4.78 is 52.0. The highest BCUT2D eigenvalue weighted by atomic mass is 19.4. The molecule has 3 aromatic heterocycles. The highest BCUT2D eigenvalue weighted by Gasteiger charge is 2.34. The molecule has 1 saturated carbocycles. The Kier molecular flexibility index (Phi) is 5.81.